The molecule has 0 radical (unpaired) electrons. The molecule has 0 N–H and O–H groups in total. The van der Waals surface area contributed by atoms with Crippen molar-refractivity contribution in [3.8, 4) is 12.1 Å². The zero-order chi connectivity index (χ0) is 29.3. The van der Waals surface area contributed by atoms with E-state index in [2.05, 4.69) is 11.0 Å². The van der Waals surface area contributed by atoms with Crippen LogP contribution in [0.1, 0.15) is 63.9 Å². The number of carbonyl (C=O) groups excluding carboxylic acids is 1. The minimum atomic E-state index is -3.70. The third-order valence-corrected chi connectivity index (χ3v) is 10.7. The monoisotopic (exact) mass is 576 g/mol. The molecule has 3 aromatic rings. The molecule has 3 aliphatic rings. The van der Waals surface area contributed by atoms with Crippen molar-refractivity contribution in [2.45, 2.75) is 43.5 Å². The van der Waals surface area contributed by atoms with E-state index in [4.69, 9.17) is 10.5 Å². The lowest BCUT2D eigenvalue weighted by molar-refractivity contribution is 0.0925. The van der Waals surface area contributed by atoms with E-state index < -0.39 is 10.0 Å². The lowest BCUT2D eigenvalue weighted by atomic mass is 9.88. The van der Waals surface area contributed by atoms with E-state index in [1.165, 1.54) is 39.7 Å². The number of ketones is 1. The van der Waals surface area contributed by atoms with Crippen LogP contribution < -0.4 is 0 Å². The second kappa shape index (κ2) is 11.7. The number of likely N-dealkylation sites (tertiary alicyclic amines) is 1. The normalized spacial score (nSPS) is 17.8. The number of Topliss-reactive ketones (excluding diaryl/α,β-unsaturated/α-hetero) is 1. The first-order chi connectivity index (χ1) is 20.3. The average Bonchev–Trinajstić information content (AvgIpc) is 3.39. The van der Waals surface area contributed by atoms with E-state index in [0.717, 1.165) is 55.6 Å². The summed E-state index contributed by atoms with van der Waals surface area (Å²) in [6, 6.07) is 23.9. The fourth-order valence-corrected chi connectivity index (χ4v) is 7.80. The van der Waals surface area contributed by atoms with Crippen LogP contribution in [0.5, 0.6) is 0 Å². The Hall–Kier alpha value is -4.08. The third-order valence-electron chi connectivity index (χ3n) is 8.88. The van der Waals surface area contributed by atoms with Crippen LogP contribution in [0.4, 0.5) is 0 Å². The maximum absolute atomic E-state index is 13.4. The Labute approximate surface area is 247 Å². The SMILES string of the molecule is N#Cc1ccc(CN2CCC(CC(=O)c3ccc4c(c3)C3=C(CCN(S(=O)(=O)c5ccc(C#N)cc5)C3)C4)CC2)cc1. The topological polar surface area (TPSA) is 105 Å². The summed E-state index contributed by atoms with van der Waals surface area (Å²) in [5, 5.41) is 18.1. The predicted molar refractivity (Wildman–Crippen MR) is 160 cm³/mol. The van der Waals surface area contributed by atoms with Crippen LogP contribution in [0.2, 0.25) is 0 Å². The minimum Gasteiger partial charge on any atom is -0.299 e. The Morgan fingerprint density at radius 3 is 2.21 bits per heavy atom. The number of nitriles is 2. The molecule has 7 nitrogen and oxygen atoms in total. The zero-order valence-corrected chi connectivity index (χ0v) is 24.2. The van der Waals surface area contributed by atoms with Crippen LogP contribution in [0.3, 0.4) is 0 Å². The van der Waals surface area contributed by atoms with E-state index in [1.54, 1.807) is 0 Å². The number of piperidine rings is 1. The molecular formula is C34H32N4O3S. The Morgan fingerprint density at radius 1 is 0.881 bits per heavy atom. The summed E-state index contributed by atoms with van der Waals surface area (Å²) in [7, 11) is -3.70. The van der Waals surface area contributed by atoms with E-state index in [0.29, 0.717) is 48.5 Å². The summed E-state index contributed by atoms with van der Waals surface area (Å²) in [4.78, 5) is 16.0. The maximum atomic E-state index is 13.4. The number of carbonyl (C=O) groups is 1. The Bertz CT molecular complexity index is 1740. The highest BCUT2D eigenvalue weighted by Crippen LogP contribution is 2.40. The first kappa shape index (κ1) is 28.1. The van der Waals surface area contributed by atoms with Crippen LogP contribution in [-0.2, 0) is 23.0 Å². The van der Waals surface area contributed by atoms with Gasteiger partial charge in [0, 0.05) is 31.6 Å². The van der Waals surface area contributed by atoms with Gasteiger partial charge in [-0.25, -0.2) is 8.42 Å². The summed E-state index contributed by atoms with van der Waals surface area (Å²) in [5.41, 5.74) is 7.45. The van der Waals surface area contributed by atoms with Gasteiger partial charge in [0.1, 0.15) is 0 Å². The van der Waals surface area contributed by atoms with Crippen molar-refractivity contribution in [2.75, 3.05) is 26.2 Å². The first-order valence-electron chi connectivity index (χ1n) is 14.4. The van der Waals surface area contributed by atoms with Crippen LogP contribution in [0.15, 0.2) is 77.2 Å². The molecule has 2 aliphatic heterocycles. The molecule has 0 unspecified atom stereocenters. The van der Waals surface area contributed by atoms with Crippen molar-refractivity contribution in [1.82, 2.24) is 9.21 Å². The Morgan fingerprint density at radius 2 is 1.55 bits per heavy atom. The number of benzene rings is 3. The molecule has 0 bridgehead atoms. The molecule has 1 aliphatic carbocycles. The molecule has 0 amide bonds. The van der Waals surface area contributed by atoms with E-state index in [-0.39, 0.29) is 10.7 Å². The van der Waals surface area contributed by atoms with Crippen molar-refractivity contribution in [2.24, 2.45) is 5.92 Å². The molecule has 3 aromatic carbocycles. The molecule has 1 saturated heterocycles. The highest BCUT2D eigenvalue weighted by Gasteiger charge is 2.34. The number of nitrogens with zero attached hydrogens (tertiary/aromatic N) is 4. The lowest BCUT2D eigenvalue weighted by Gasteiger charge is -2.31. The van der Waals surface area contributed by atoms with Crippen molar-refractivity contribution in [3.63, 3.8) is 0 Å². The summed E-state index contributed by atoms with van der Waals surface area (Å²) >= 11 is 0. The molecule has 8 heteroatoms. The molecule has 0 saturated carbocycles. The highest BCUT2D eigenvalue weighted by atomic mass is 32.2. The standard InChI is InChI=1S/C34H32N4O3S/c35-20-25-1-3-27(4-2-25)22-37-14-11-24(12-15-37)17-34(39)30-8-7-28-18-29-13-16-38(23-33(29)32(28)19-30)42(40,41)31-9-5-26(21-36)6-10-31/h1-10,19,24H,11-18,22-23H2. The molecule has 0 aromatic heterocycles. The van der Waals surface area contributed by atoms with Crippen LogP contribution >= 0.6 is 0 Å². The quantitative estimate of drug-likeness (QED) is 0.353. The van der Waals surface area contributed by atoms with Gasteiger partial charge < -0.3 is 0 Å². The third kappa shape index (κ3) is 5.67. The average molecular weight is 577 g/mol. The molecule has 1 fully saturated rings. The summed E-state index contributed by atoms with van der Waals surface area (Å²) < 4.78 is 28.3. The molecule has 212 valence electrons. The number of rotatable bonds is 7. The number of sulfonamides is 1. The predicted octanol–water partition coefficient (Wildman–Crippen LogP) is 5.32. The van der Waals surface area contributed by atoms with Crippen molar-refractivity contribution < 1.29 is 13.2 Å². The van der Waals surface area contributed by atoms with Gasteiger partial charge in [-0.05, 0) is 109 Å². The van der Waals surface area contributed by atoms with Gasteiger partial charge >= 0.3 is 0 Å². The van der Waals surface area contributed by atoms with E-state index >= 15 is 0 Å². The summed E-state index contributed by atoms with van der Waals surface area (Å²) in [6.07, 6.45) is 3.95. The van der Waals surface area contributed by atoms with Crippen molar-refractivity contribution in [3.05, 3.63) is 106 Å². The van der Waals surface area contributed by atoms with Gasteiger partial charge in [0.25, 0.3) is 0 Å². The second-order valence-corrected chi connectivity index (χ2v) is 13.4. The van der Waals surface area contributed by atoms with Gasteiger partial charge in [-0.15, -0.1) is 0 Å². The van der Waals surface area contributed by atoms with Crippen LogP contribution in [0, 0.1) is 28.6 Å². The van der Waals surface area contributed by atoms with Crippen molar-refractivity contribution in [1.29, 1.82) is 10.5 Å². The summed E-state index contributed by atoms with van der Waals surface area (Å²) in [5.74, 6) is 0.496. The molecule has 6 rings (SSSR count). The zero-order valence-electron chi connectivity index (χ0n) is 23.4. The number of hydrogen-bond acceptors (Lipinski definition) is 6. The highest BCUT2D eigenvalue weighted by molar-refractivity contribution is 7.89. The van der Waals surface area contributed by atoms with E-state index in [1.807, 2.05) is 48.5 Å². The molecule has 42 heavy (non-hydrogen) atoms. The smallest absolute Gasteiger partial charge is 0.243 e. The molecule has 2 heterocycles. The van der Waals surface area contributed by atoms with Gasteiger partial charge in [-0.3, -0.25) is 9.69 Å². The molecule has 0 spiro atoms. The number of hydrogen-bond donors (Lipinski definition) is 0. The molecule has 0 atom stereocenters. The first-order valence-corrected chi connectivity index (χ1v) is 15.9. The maximum Gasteiger partial charge on any atom is 0.243 e. The van der Waals surface area contributed by atoms with Crippen LogP contribution in [-0.4, -0.2) is 49.6 Å². The molecular weight excluding hydrogens is 544 g/mol. The minimum absolute atomic E-state index is 0.148. The number of fused-ring (bicyclic) bond motifs is 2. The van der Waals surface area contributed by atoms with Gasteiger partial charge in [0.05, 0.1) is 28.2 Å². The fourth-order valence-electron chi connectivity index (χ4n) is 6.39. The lowest BCUT2D eigenvalue weighted by Crippen LogP contribution is -2.36. The van der Waals surface area contributed by atoms with Gasteiger partial charge in [-0.1, -0.05) is 29.8 Å². The fraction of sp³-hybridized carbons (Fsp3) is 0.324. The van der Waals surface area contributed by atoms with Crippen LogP contribution in [0.25, 0.3) is 5.57 Å². The Balaban J connectivity index is 1.09. The van der Waals surface area contributed by atoms with E-state index in [9.17, 15) is 13.2 Å². The van der Waals surface area contributed by atoms with Gasteiger partial charge in [0.2, 0.25) is 10.0 Å². The van der Waals surface area contributed by atoms with Gasteiger partial charge in [0.15, 0.2) is 5.78 Å². The largest absolute Gasteiger partial charge is 0.299 e. The summed E-state index contributed by atoms with van der Waals surface area (Å²) in [6.45, 7) is 3.46. The second-order valence-electron chi connectivity index (χ2n) is 11.5. The Kier molecular flexibility index (Phi) is 7.79. The van der Waals surface area contributed by atoms with Gasteiger partial charge in [-0.2, -0.15) is 14.8 Å². The van der Waals surface area contributed by atoms with Crippen molar-refractivity contribution >= 4 is 21.4 Å².